The highest BCUT2D eigenvalue weighted by Crippen LogP contribution is 2.52. The molecule has 0 atom stereocenters. The molecule has 13 aromatic carbocycles. The molecule has 0 unspecified atom stereocenters. The van der Waals surface area contributed by atoms with Crippen molar-refractivity contribution in [2.24, 2.45) is 0 Å². The van der Waals surface area contributed by atoms with E-state index in [1.165, 1.54) is 60.0 Å². The Morgan fingerprint density at radius 3 is 1.37 bits per heavy atom. The van der Waals surface area contributed by atoms with Crippen LogP contribution in [0.4, 0.5) is 34.1 Å². The molecule has 3 heteroatoms. The molecule has 14 rings (SSSR count). The molecule has 0 saturated heterocycles. The highest BCUT2D eigenvalue weighted by molar-refractivity contribution is 6.29. The van der Waals surface area contributed by atoms with Gasteiger partial charge in [0.1, 0.15) is 11.2 Å². The lowest BCUT2D eigenvalue weighted by Gasteiger charge is -2.30. The number of para-hydroxylation sites is 2. The molecular formula is C68H44N2O. The van der Waals surface area contributed by atoms with Gasteiger partial charge in [0, 0.05) is 55.4 Å². The van der Waals surface area contributed by atoms with Crippen LogP contribution in [-0.2, 0) is 0 Å². The van der Waals surface area contributed by atoms with E-state index in [1.807, 2.05) is 0 Å². The Labute approximate surface area is 411 Å². The number of benzene rings is 13. The monoisotopic (exact) mass is 904 g/mol. The summed E-state index contributed by atoms with van der Waals surface area (Å²) in [7, 11) is 0. The number of rotatable bonds is 8. The number of furan rings is 1. The maximum Gasteiger partial charge on any atom is 0.138 e. The van der Waals surface area contributed by atoms with Gasteiger partial charge in [0.05, 0.1) is 17.1 Å². The maximum absolute atomic E-state index is 6.91. The second kappa shape index (κ2) is 16.7. The normalized spacial score (nSPS) is 11.7. The zero-order valence-corrected chi connectivity index (χ0v) is 38.7. The van der Waals surface area contributed by atoms with E-state index < -0.39 is 0 Å². The molecule has 0 bridgehead atoms. The minimum atomic E-state index is 0.856. The number of fused-ring (bicyclic) bond motifs is 10. The van der Waals surface area contributed by atoms with E-state index in [0.717, 1.165) is 72.2 Å². The molecular weight excluding hydrogens is 861 g/mol. The third kappa shape index (κ3) is 6.59. The van der Waals surface area contributed by atoms with Gasteiger partial charge in [0.2, 0.25) is 0 Å². The Morgan fingerprint density at radius 1 is 0.268 bits per heavy atom. The average Bonchev–Trinajstić information content (AvgIpc) is 3.84. The molecule has 71 heavy (non-hydrogen) atoms. The Bertz CT molecular complexity index is 4240. The van der Waals surface area contributed by atoms with Crippen molar-refractivity contribution in [1.82, 2.24) is 0 Å². The van der Waals surface area contributed by atoms with Gasteiger partial charge in [0.15, 0.2) is 0 Å². The first kappa shape index (κ1) is 40.6. The van der Waals surface area contributed by atoms with Crippen LogP contribution in [0.15, 0.2) is 271 Å². The van der Waals surface area contributed by atoms with Gasteiger partial charge in [-0.15, -0.1) is 0 Å². The summed E-state index contributed by atoms with van der Waals surface area (Å²) in [6, 6.07) is 96.7. The minimum absolute atomic E-state index is 0.856. The summed E-state index contributed by atoms with van der Waals surface area (Å²) >= 11 is 0. The van der Waals surface area contributed by atoms with Gasteiger partial charge < -0.3 is 14.2 Å². The van der Waals surface area contributed by atoms with E-state index in [2.05, 4.69) is 277 Å². The largest absolute Gasteiger partial charge is 0.456 e. The van der Waals surface area contributed by atoms with Crippen molar-refractivity contribution < 1.29 is 4.42 Å². The highest BCUT2D eigenvalue weighted by Gasteiger charge is 2.26. The summed E-state index contributed by atoms with van der Waals surface area (Å²) < 4.78 is 6.91. The van der Waals surface area contributed by atoms with Crippen LogP contribution in [0.5, 0.6) is 0 Å². The molecule has 0 aliphatic carbocycles. The Balaban J connectivity index is 1.03. The Kier molecular flexibility index (Phi) is 9.53. The van der Waals surface area contributed by atoms with Crippen molar-refractivity contribution in [2.75, 3.05) is 9.80 Å². The van der Waals surface area contributed by atoms with Crippen molar-refractivity contribution in [2.45, 2.75) is 0 Å². The number of anilines is 6. The van der Waals surface area contributed by atoms with Gasteiger partial charge in [-0.2, -0.15) is 0 Å². The van der Waals surface area contributed by atoms with E-state index in [9.17, 15) is 0 Å². The van der Waals surface area contributed by atoms with Crippen LogP contribution in [-0.4, -0.2) is 0 Å². The molecule has 0 N–H and O–H groups in total. The average molecular weight is 905 g/mol. The number of hydrogen-bond acceptors (Lipinski definition) is 3. The van der Waals surface area contributed by atoms with Crippen LogP contribution in [0.3, 0.4) is 0 Å². The predicted octanol–water partition coefficient (Wildman–Crippen LogP) is 19.6. The van der Waals surface area contributed by atoms with Gasteiger partial charge >= 0.3 is 0 Å². The summed E-state index contributed by atoms with van der Waals surface area (Å²) in [6.07, 6.45) is 0. The van der Waals surface area contributed by atoms with Crippen LogP contribution < -0.4 is 9.80 Å². The van der Waals surface area contributed by atoms with Gasteiger partial charge in [-0.3, -0.25) is 0 Å². The zero-order chi connectivity index (χ0) is 46.8. The lowest BCUT2D eigenvalue weighted by Crippen LogP contribution is -2.12. The van der Waals surface area contributed by atoms with E-state index >= 15 is 0 Å². The molecule has 0 spiro atoms. The fourth-order valence-electron chi connectivity index (χ4n) is 11.3. The maximum atomic E-state index is 6.91. The summed E-state index contributed by atoms with van der Waals surface area (Å²) in [5.41, 5.74) is 13.0. The van der Waals surface area contributed by atoms with E-state index in [4.69, 9.17) is 4.42 Å². The van der Waals surface area contributed by atoms with Gasteiger partial charge in [0.25, 0.3) is 0 Å². The summed E-state index contributed by atoms with van der Waals surface area (Å²) in [6.45, 7) is 0. The molecule has 1 aromatic heterocycles. The van der Waals surface area contributed by atoms with Crippen molar-refractivity contribution in [3.05, 3.63) is 267 Å². The smallest absolute Gasteiger partial charge is 0.138 e. The number of hydrogen-bond donors (Lipinski definition) is 0. The van der Waals surface area contributed by atoms with Crippen LogP contribution in [0.2, 0.25) is 0 Å². The molecule has 0 aliphatic rings. The quantitative estimate of drug-likeness (QED) is 0.142. The first-order valence-electron chi connectivity index (χ1n) is 24.3. The van der Waals surface area contributed by atoms with Crippen molar-refractivity contribution in [3.63, 3.8) is 0 Å². The molecule has 3 nitrogen and oxygen atoms in total. The lowest BCUT2D eigenvalue weighted by atomic mass is 9.87. The predicted molar refractivity (Wildman–Crippen MR) is 301 cm³/mol. The Hall–Kier alpha value is -9.44. The third-order valence-electron chi connectivity index (χ3n) is 14.4. The molecule has 0 saturated carbocycles. The molecule has 0 aliphatic heterocycles. The molecule has 332 valence electrons. The summed E-state index contributed by atoms with van der Waals surface area (Å²) in [5, 5.41) is 14.0. The van der Waals surface area contributed by atoms with Crippen LogP contribution >= 0.6 is 0 Å². The summed E-state index contributed by atoms with van der Waals surface area (Å²) in [4.78, 5) is 4.87. The standard InChI is InChI=1S/C68H44N2O/c1-4-20-45(21-5-1)46-36-39-50(40-37-46)70(62-44-64-67(55-31-15-14-30-54(55)62)66-51-27-11-10-22-47(51)38-43-63(66)71-64)61-42-41-58(52-28-12-13-29-53(52)61)65-56-32-16-18-34-59(56)68(60-35-19-17-33-57(60)65)69(48-23-6-2-7-24-48)49-25-8-3-9-26-49/h1-44H. The third-order valence-corrected chi connectivity index (χ3v) is 14.4. The zero-order valence-electron chi connectivity index (χ0n) is 38.7. The second-order valence-electron chi connectivity index (χ2n) is 18.3. The topological polar surface area (TPSA) is 19.6 Å². The SMILES string of the molecule is c1ccc(-c2ccc(N(c3ccc(-c4c5ccccc5c(N(c5ccccc5)c5ccccc5)c5ccccc45)c4ccccc34)c3cc4oc5ccc6ccccc6c5c4c4ccccc34)cc2)cc1. The minimum Gasteiger partial charge on any atom is -0.456 e. The van der Waals surface area contributed by atoms with Crippen molar-refractivity contribution in [1.29, 1.82) is 0 Å². The Morgan fingerprint density at radius 2 is 0.732 bits per heavy atom. The van der Waals surface area contributed by atoms with E-state index in [0.29, 0.717) is 0 Å². The van der Waals surface area contributed by atoms with Gasteiger partial charge in [-0.25, -0.2) is 0 Å². The van der Waals surface area contributed by atoms with Crippen LogP contribution in [0.1, 0.15) is 0 Å². The number of nitrogens with zero attached hydrogens (tertiary/aromatic N) is 2. The van der Waals surface area contributed by atoms with Crippen LogP contribution in [0, 0.1) is 0 Å². The highest BCUT2D eigenvalue weighted by atomic mass is 16.3. The molecule has 14 aromatic rings. The molecule has 1 heterocycles. The van der Waals surface area contributed by atoms with Gasteiger partial charge in [-0.05, 0) is 103 Å². The lowest BCUT2D eigenvalue weighted by molar-refractivity contribution is 0.669. The molecule has 0 radical (unpaired) electrons. The fraction of sp³-hybridized carbons (Fsp3) is 0. The first-order chi connectivity index (χ1) is 35.3. The van der Waals surface area contributed by atoms with E-state index in [-0.39, 0.29) is 0 Å². The fourth-order valence-corrected chi connectivity index (χ4v) is 11.3. The van der Waals surface area contributed by atoms with Gasteiger partial charge in [-0.1, -0.05) is 212 Å². The first-order valence-corrected chi connectivity index (χ1v) is 24.3. The molecule has 0 fully saturated rings. The van der Waals surface area contributed by atoms with E-state index in [1.54, 1.807) is 0 Å². The van der Waals surface area contributed by atoms with Crippen LogP contribution in [0.25, 0.3) is 98.1 Å². The van der Waals surface area contributed by atoms with Crippen molar-refractivity contribution in [3.8, 4) is 22.3 Å². The summed E-state index contributed by atoms with van der Waals surface area (Å²) in [5.74, 6) is 0. The van der Waals surface area contributed by atoms with Crippen molar-refractivity contribution >= 4 is 110 Å². The molecule has 0 amide bonds. The second-order valence-corrected chi connectivity index (χ2v) is 18.3.